The number of nitrogens with one attached hydrogen (secondary N) is 1. The second-order valence-corrected chi connectivity index (χ2v) is 10.4. The van der Waals surface area contributed by atoms with Gasteiger partial charge in [-0.2, -0.15) is 0 Å². The Morgan fingerprint density at radius 3 is 1.90 bits per heavy atom. The van der Waals surface area contributed by atoms with Gasteiger partial charge in [-0.05, 0) is 40.7 Å². The Kier molecular flexibility index (Phi) is 4.68. The Bertz CT molecular complexity index is 999. The van der Waals surface area contributed by atoms with E-state index in [4.69, 9.17) is 4.74 Å². The number of para-hydroxylation sites is 2. The molecule has 1 aliphatic carbocycles. The number of hydrogen-bond donors (Lipinski definition) is 1. The van der Waals surface area contributed by atoms with E-state index in [0.717, 1.165) is 28.1 Å². The molecule has 3 nitrogen and oxygen atoms in total. The van der Waals surface area contributed by atoms with Gasteiger partial charge >= 0.3 is 0 Å². The number of ketones is 1. The molecule has 4 rings (SSSR count). The standard InChI is InChI=1S/C27H31NO2/c1-25(2,3)19-16-27(17-20(23(19)29)26(4,5)6)24(18-12-8-7-9-13-18)30-22-15-11-10-14-21(22)28-27/h7-17,24,28H,1-6H3/t24-/m0/s1. The van der Waals surface area contributed by atoms with E-state index in [2.05, 4.69) is 71.1 Å². The lowest BCUT2D eigenvalue weighted by molar-refractivity contribution is -0.114. The number of fused-ring (bicyclic) bond motifs is 1. The zero-order valence-corrected chi connectivity index (χ0v) is 18.7. The quantitative estimate of drug-likeness (QED) is 0.593. The number of hydrogen-bond acceptors (Lipinski definition) is 3. The normalized spacial score (nSPS) is 20.6. The van der Waals surface area contributed by atoms with Crippen molar-refractivity contribution in [1.82, 2.24) is 0 Å². The van der Waals surface area contributed by atoms with Gasteiger partial charge in [-0.25, -0.2) is 0 Å². The van der Waals surface area contributed by atoms with Gasteiger partial charge in [0.2, 0.25) is 0 Å². The van der Waals surface area contributed by atoms with Crippen LogP contribution in [0.15, 0.2) is 77.9 Å². The summed E-state index contributed by atoms with van der Waals surface area (Å²) in [6.07, 6.45) is 3.92. The fourth-order valence-corrected chi connectivity index (χ4v) is 4.30. The molecule has 156 valence electrons. The van der Waals surface area contributed by atoms with Crippen LogP contribution in [0.3, 0.4) is 0 Å². The number of ether oxygens (including phenoxy) is 1. The summed E-state index contributed by atoms with van der Waals surface area (Å²) in [7, 11) is 0. The minimum absolute atomic E-state index is 0.132. The van der Waals surface area contributed by atoms with Crippen molar-refractivity contribution in [2.75, 3.05) is 5.32 Å². The van der Waals surface area contributed by atoms with Gasteiger partial charge in [0.15, 0.2) is 11.9 Å². The summed E-state index contributed by atoms with van der Waals surface area (Å²) in [5.41, 5.74) is 2.44. The molecule has 0 unspecified atom stereocenters. The van der Waals surface area contributed by atoms with Crippen molar-refractivity contribution in [2.45, 2.75) is 53.2 Å². The molecule has 0 amide bonds. The van der Waals surface area contributed by atoms with Gasteiger partial charge in [0.25, 0.3) is 0 Å². The predicted molar refractivity (Wildman–Crippen MR) is 123 cm³/mol. The Balaban J connectivity index is 2.00. The maximum Gasteiger partial charge on any atom is 0.185 e. The van der Waals surface area contributed by atoms with Crippen LogP contribution in [-0.2, 0) is 4.79 Å². The average Bonchev–Trinajstić information content (AvgIpc) is 2.68. The number of anilines is 1. The third-order valence-corrected chi connectivity index (χ3v) is 5.89. The van der Waals surface area contributed by atoms with E-state index in [1.54, 1.807) is 0 Å². The van der Waals surface area contributed by atoms with Crippen LogP contribution in [0.25, 0.3) is 0 Å². The van der Waals surface area contributed by atoms with Gasteiger partial charge in [0.1, 0.15) is 11.3 Å². The van der Waals surface area contributed by atoms with E-state index in [1.807, 2.05) is 42.5 Å². The van der Waals surface area contributed by atoms with Crippen molar-refractivity contribution >= 4 is 11.5 Å². The lowest BCUT2D eigenvalue weighted by atomic mass is 9.67. The minimum atomic E-state index is -0.658. The fourth-order valence-electron chi connectivity index (χ4n) is 4.30. The highest BCUT2D eigenvalue weighted by atomic mass is 16.5. The maximum absolute atomic E-state index is 13.5. The summed E-state index contributed by atoms with van der Waals surface area (Å²) in [5.74, 6) is 0.957. The van der Waals surface area contributed by atoms with Crippen LogP contribution in [0, 0.1) is 10.8 Å². The smallest absolute Gasteiger partial charge is 0.185 e. The summed E-state index contributed by atoms with van der Waals surface area (Å²) in [6, 6.07) is 18.3. The fraction of sp³-hybridized carbons (Fsp3) is 0.370. The lowest BCUT2D eigenvalue weighted by Crippen LogP contribution is -2.50. The zero-order chi connectivity index (χ0) is 21.7. The SMILES string of the molecule is CC(C)(C)C1=CC2(C=C(C(C)(C)C)C1=O)Nc1ccccc1O[C@H]2c1ccccc1. The molecular weight excluding hydrogens is 370 g/mol. The highest BCUT2D eigenvalue weighted by molar-refractivity contribution is 6.11. The van der Waals surface area contributed by atoms with Gasteiger partial charge in [-0.3, -0.25) is 4.79 Å². The summed E-state index contributed by atoms with van der Waals surface area (Å²) in [6.45, 7) is 12.6. The Morgan fingerprint density at radius 1 is 0.800 bits per heavy atom. The molecule has 1 heterocycles. The van der Waals surface area contributed by atoms with E-state index in [0.29, 0.717) is 0 Å². The monoisotopic (exact) mass is 401 g/mol. The molecule has 1 atom stereocenters. The van der Waals surface area contributed by atoms with Gasteiger partial charge < -0.3 is 10.1 Å². The first-order chi connectivity index (χ1) is 14.0. The second-order valence-electron chi connectivity index (χ2n) is 10.4. The molecule has 0 aromatic heterocycles. The zero-order valence-electron chi connectivity index (χ0n) is 18.7. The van der Waals surface area contributed by atoms with Crippen LogP contribution in [0.5, 0.6) is 5.75 Å². The highest BCUT2D eigenvalue weighted by Crippen LogP contribution is 2.50. The van der Waals surface area contributed by atoms with Crippen molar-refractivity contribution in [1.29, 1.82) is 0 Å². The molecule has 30 heavy (non-hydrogen) atoms. The third kappa shape index (κ3) is 3.47. The molecule has 0 bridgehead atoms. The molecule has 2 aromatic carbocycles. The first kappa shape index (κ1) is 20.5. The third-order valence-electron chi connectivity index (χ3n) is 5.89. The Morgan fingerprint density at radius 2 is 1.33 bits per heavy atom. The second kappa shape index (κ2) is 6.87. The Hall–Kier alpha value is -2.81. The van der Waals surface area contributed by atoms with E-state index in [9.17, 15) is 4.79 Å². The molecule has 0 saturated heterocycles. The van der Waals surface area contributed by atoms with Gasteiger partial charge in [-0.1, -0.05) is 84.0 Å². The van der Waals surface area contributed by atoms with Gasteiger partial charge in [0.05, 0.1) is 5.69 Å². The Labute approximate surface area is 179 Å². The van der Waals surface area contributed by atoms with Gasteiger partial charge in [0, 0.05) is 11.1 Å². The molecule has 0 radical (unpaired) electrons. The molecule has 1 N–H and O–H groups in total. The van der Waals surface area contributed by atoms with Crippen LogP contribution in [0.1, 0.15) is 53.2 Å². The van der Waals surface area contributed by atoms with Crippen LogP contribution in [0.4, 0.5) is 5.69 Å². The van der Waals surface area contributed by atoms with Crippen molar-refractivity contribution < 1.29 is 9.53 Å². The van der Waals surface area contributed by atoms with E-state index in [1.165, 1.54) is 0 Å². The summed E-state index contributed by atoms with van der Waals surface area (Å²) < 4.78 is 6.61. The topological polar surface area (TPSA) is 38.3 Å². The van der Waals surface area contributed by atoms with Crippen molar-refractivity contribution in [2.24, 2.45) is 10.8 Å². The average molecular weight is 402 g/mol. The molecule has 2 aliphatic rings. The summed E-state index contributed by atoms with van der Waals surface area (Å²) in [5, 5.41) is 3.76. The predicted octanol–water partition coefficient (Wildman–Crippen LogP) is 6.50. The van der Waals surface area contributed by atoms with Crippen LogP contribution < -0.4 is 10.1 Å². The molecule has 1 aliphatic heterocycles. The van der Waals surface area contributed by atoms with Crippen LogP contribution >= 0.6 is 0 Å². The van der Waals surface area contributed by atoms with E-state index in [-0.39, 0.29) is 22.7 Å². The van der Waals surface area contributed by atoms with E-state index >= 15 is 0 Å². The number of carbonyl (C=O) groups excluding carboxylic acids is 1. The molecule has 3 heteroatoms. The molecular formula is C27H31NO2. The maximum atomic E-state index is 13.5. The van der Waals surface area contributed by atoms with Gasteiger partial charge in [-0.15, -0.1) is 0 Å². The van der Waals surface area contributed by atoms with Crippen LogP contribution in [0.2, 0.25) is 0 Å². The number of benzene rings is 2. The van der Waals surface area contributed by atoms with E-state index < -0.39 is 5.54 Å². The summed E-state index contributed by atoms with van der Waals surface area (Å²) >= 11 is 0. The number of rotatable bonds is 1. The van der Waals surface area contributed by atoms with Crippen molar-refractivity contribution in [3.05, 3.63) is 83.5 Å². The minimum Gasteiger partial charge on any atom is -0.480 e. The van der Waals surface area contributed by atoms with Crippen molar-refractivity contribution in [3.63, 3.8) is 0 Å². The first-order valence-electron chi connectivity index (χ1n) is 10.6. The van der Waals surface area contributed by atoms with Crippen LogP contribution in [-0.4, -0.2) is 11.3 Å². The molecule has 0 fully saturated rings. The molecule has 2 aromatic rings. The number of Topliss-reactive ketones (excluding diaryl/α,β-unsaturated/α-hetero) is 1. The van der Waals surface area contributed by atoms with Crippen molar-refractivity contribution in [3.8, 4) is 5.75 Å². The number of allylic oxidation sites excluding steroid dienone is 2. The highest BCUT2D eigenvalue weighted by Gasteiger charge is 2.48. The lowest BCUT2D eigenvalue weighted by Gasteiger charge is -2.47. The molecule has 0 saturated carbocycles. The number of carbonyl (C=O) groups is 1. The summed E-state index contributed by atoms with van der Waals surface area (Å²) in [4.78, 5) is 13.5. The first-order valence-corrected chi connectivity index (χ1v) is 10.6. The molecule has 1 spiro atoms. The largest absolute Gasteiger partial charge is 0.480 e.